The van der Waals surface area contributed by atoms with Crippen LogP contribution in [0.5, 0.6) is 0 Å². The Morgan fingerprint density at radius 1 is 1.46 bits per heavy atom. The van der Waals surface area contributed by atoms with Gasteiger partial charge < -0.3 is 15.4 Å². The lowest BCUT2D eigenvalue weighted by molar-refractivity contribution is 0.181. The summed E-state index contributed by atoms with van der Waals surface area (Å²) in [5.74, 6) is 0. The van der Waals surface area contributed by atoms with Crippen molar-refractivity contribution in [1.82, 2.24) is 19.9 Å². The van der Waals surface area contributed by atoms with Crippen molar-refractivity contribution in [2.45, 2.75) is 25.9 Å². The van der Waals surface area contributed by atoms with Gasteiger partial charge in [0.1, 0.15) is 0 Å². The SMILES string of the molecule is C=C/C(=C\C=C(/C)NC(=O)NCc1cccnc1)S(=O)(=O)N(C)C1CCOC1. The van der Waals surface area contributed by atoms with Gasteiger partial charge in [0.25, 0.3) is 0 Å². The Morgan fingerprint density at radius 3 is 2.86 bits per heavy atom. The van der Waals surface area contributed by atoms with Gasteiger partial charge in [-0.2, -0.15) is 4.31 Å². The van der Waals surface area contributed by atoms with Crippen molar-refractivity contribution in [2.75, 3.05) is 20.3 Å². The van der Waals surface area contributed by atoms with Gasteiger partial charge in [0, 0.05) is 38.3 Å². The van der Waals surface area contributed by atoms with Crippen LogP contribution < -0.4 is 10.6 Å². The first-order valence-corrected chi connectivity index (χ1v) is 10.3. The Kier molecular flexibility index (Phi) is 7.91. The van der Waals surface area contributed by atoms with Gasteiger partial charge in [0.15, 0.2) is 0 Å². The minimum atomic E-state index is -3.69. The number of nitrogens with zero attached hydrogens (tertiary/aromatic N) is 2. The van der Waals surface area contributed by atoms with E-state index in [1.807, 2.05) is 6.07 Å². The molecule has 0 aliphatic carbocycles. The second-order valence-electron chi connectivity index (χ2n) is 6.33. The third-order valence-electron chi connectivity index (χ3n) is 4.28. The third-order valence-corrected chi connectivity index (χ3v) is 6.24. The maximum absolute atomic E-state index is 12.7. The summed E-state index contributed by atoms with van der Waals surface area (Å²) in [6.45, 7) is 6.54. The number of likely N-dealkylation sites (N-methyl/N-ethyl adjacent to an activating group) is 1. The highest BCUT2D eigenvalue weighted by atomic mass is 32.2. The van der Waals surface area contributed by atoms with Gasteiger partial charge in [0.2, 0.25) is 10.0 Å². The van der Waals surface area contributed by atoms with Crippen LogP contribution >= 0.6 is 0 Å². The number of carbonyl (C=O) groups excluding carboxylic acids is 1. The summed E-state index contributed by atoms with van der Waals surface area (Å²) in [5, 5.41) is 5.35. The Morgan fingerprint density at radius 2 is 2.25 bits per heavy atom. The second kappa shape index (κ2) is 10.2. The number of pyridine rings is 1. The molecular weight excluding hydrogens is 380 g/mol. The van der Waals surface area contributed by atoms with Crippen LogP contribution in [0.25, 0.3) is 0 Å². The van der Waals surface area contributed by atoms with E-state index in [1.165, 1.54) is 29.6 Å². The summed E-state index contributed by atoms with van der Waals surface area (Å²) in [7, 11) is -2.15. The fourth-order valence-electron chi connectivity index (χ4n) is 2.59. The smallest absolute Gasteiger partial charge is 0.319 e. The predicted octanol–water partition coefficient (Wildman–Crippen LogP) is 1.91. The van der Waals surface area contributed by atoms with Gasteiger partial charge in [-0.05, 0) is 43.2 Å². The van der Waals surface area contributed by atoms with Crippen LogP contribution in [0.3, 0.4) is 0 Å². The van der Waals surface area contributed by atoms with Crippen molar-refractivity contribution in [3.05, 3.63) is 65.5 Å². The van der Waals surface area contributed by atoms with Crippen LogP contribution in [0.2, 0.25) is 0 Å². The Balaban J connectivity index is 1.97. The largest absolute Gasteiger partial charge is 0.380 e. The number of urea groups is 1. The molecule has 0 spiro atoms. The lowest BCUT2D eigenvalue weighted by Gasteiger charge is -2.22. The Labute approximate surface area is 166 Å². The van der Waals surface area contributed by atoms with Crippen molar-refractivity contribution < 1.29 is 17.9 Å². The van der Waals surface area contributed by atoms with E-state index in [9.17, 15) is 13.2 Å². The number of amides is 2. The van der Waals surface area contributed by atoms with Crippen LogP contribution in [-0.4, -0.2) is 50.0 Å². The van der Waals surface area contributed by atoms with E-state index < -0.39 is 16.1 Å². The van der Waals surface area contributed by atoms with Crippen molar-refractivity contribution in [1.29, 1.82) is 0 Å². The summed E-state index contributed by atoms with van der Waals surface area (Å²) in [5.41, 5.74) is 1.36. The molecular formula is C19H26N4O4S. The average Bonchev–Trinajstić information content (AvgIpc) is 3.21. The van der Waals surface area contributed by atoms with E-state index >= 15 is 0 Å². The molecule has 8 nitrogen and oxygen atoms in total. The first-order chi connectivity index (χ1) is 13.3. The maximum Gasteiger partial charge on any atom is 0.319 e. The van der Waals surface area contributed by atoms with Crippen LogP contribution in [-0.2, 0) is 21.3 Å². The van der Waals surface area contributed by atoms with Crippen molar-refractivity contribution in [2.24, 2.45) is 0 Å². The normalized spacial score (nSPS) is 18.2. The first kappa shape index (κ1) is 21.8. The van der Waals surface area contributed by atoms with E-state index in [0.717, 1.165) is 5.56 Å². The molecule has 1 atom stereocenters. The van der Waals surface area contributed by atoms with E-state index in [2.05, 4.69) is 22.2 Å². The summed E-state index contributed by atoms with van der Waals surface area (Å²) >= 11 is 0. The molecule has 1 aliphatic heterocycles. The maximum atomic E-state index is 12.7. The highest BCUT2D eigenvalue weighted by Gasteiger charge is 2.30. The van der Waals surface area contributed by atoms with Gasteiger partial charge in [-0.25, -0.2) is 13.2 Å². The molecule has 9 heteroatoms. The summed E-state index contributed by atoms with van der Waals surface area (Å²) in [4.78, 5) is 16.0. The molecule has 1 aromatic heterocycles. The molecule has 2 amide bonds. The molecule has 1 aromatic rings. The van der Waals surface area contributed by atoms with Crippen LogP contribution in [0.15, 0.2) is 59.9 Å². The van der Waals surface area contributed by atoms with Crippen molar-refractivity contribution in [3.8, 4) is 0 Å². The molecule has 152 valence electrons. The standard InChI is InChI=1S/C19H26N4O4S/c1-4-18(28(25,26)23(3)17-9-11-27-14-17)8-7-15(2)22-19(24)21-13-16-6-5-10-20-12-16/h4-8,10,12,17H,1,9,11,13-14H2,2-3H3,(H2,21,22,24)/b15-7+,18-8+. The number of nitrogens with one attached hydrogen (secondary N) is 2. The number of rotatable bonds is 8. The third kappa shape index (κ3) is 6.01. The number of carbonyl (C=O) groups is 1. The summed E-state index contributed by atoms with van der Waals surface area (Å²) in [6.07, 6.45) is 8.22. The Hall–Kier alpha value is -2.49. The molecule has 0 radical (unpaired) electrons. The minimum Gasteiger partial charge on any atom is -0.380 e. The number of ether oxygens (including phenoxy) is 1. The second-order valence-corrected chi connectivity index (χ2v) is 8.33. The average molecular weight is 407 g/mol. The van der Waals surface area contributed by atoms with Crippen LogP contribution in [0.1, 0.15) is 18.9 Å². The summed E-state index contributed by atoms with van der Waals surface area (Å²) in [6, 6.07) is 3.06. The highest BCUT2D eigenvalue weighted by Crippen LogP contribution is 2.20. The van der Waals surface area contributed by atoms with E-state index in [-0.39, 0.29) is 10.9 Å². The molecule has 0 bridgehead atoms. The summed E-state index contributed by atoms with van der Waals surface area (Å²) < 4.78 is 32.0. The molecule has 2 heterocycles. The monoisotopic (exact) mass is 406 g/mol. The first-order valence-electron chi connectivity index (χ1n) is 8.85. The van der Waals surface area contributed by atoms with Gasteiger partial charge >= 0.3 is 6.03 Å². The number of hydrogen-bond acceptors (Lipinski definition) is 5. The van der Waals surface area contributed by atoms with E-state index in [1.54, 1.807) is 25.4 Å². The molecule has 1 saturated heterocycles. The van der Waals surface area contributed by atoms with Gasteiger partial charge in [-0.15, -0.1) is 0 Å². The van der Waals surface area contributed by atoms with E-state index in [0.29, 0.717) is 31.9 Å². The molecule has 2 rings (SSSR count). The number of sulfonamides is 1. The topological polar surface area (TPSA) is 101 Å². The predicted molar refractivity (Wildman–Crippen MR) is 108 cm³/mol. The van der Waals surface area contributed by atoms with Gasteiger partial charge in [0.05, 0.1) is 17.6 Å². The molecule has 0 saturated carbocycles. The molecule has 2 N–H and O–H groups in total. The highest BCUT2D eigenvalue weighted by molar-refractivity contribution is 7.93. The van der Waals surface area contributed by atoms with Crippen molar-refractivity contribution >= 4 is 16.1 Å². The zero-order valence-corrected chi connectivity index (χ0v) is 16.9. The van der Waals surface area contributed by atoms with Crippen LogP contribution in [0, 0.1) is 0 Å². The number of allylic oxidation sites excluding steroid dienone is 4. The fraction of sp³-hybridized carbons (Fsp3) is 0.368. The zero-order chi connectivity index (χ0) is 20.6. The number of hydrogen-bond donors (Lipinski definition) is 2. The van der Waals surface area contributed by atoms with E-state index in [4.69, 9.17) is 4.74 Å². The minimum absolute atomic E-state index is 0.0545. The van der Waals surface area contributed by atoms with Gasteiger partial charge in [-0.3, -0.25) is 4.98 Å². The Bertz CT molecular complexity index is 844. The fourth-order valence-corrected chi connectivity index (χ4v) is 3.93. The lowest BCUT2D eigenvalue weighted by Crippen LogP contribution is -2.37. The molecule has 0 aromatic carbocycles. The molecule has 28 heavy (non-hydrogen) atoms. The quantitative estimate of drug-likeness (QED) is 0.642. The number of aromatic nitrogens is 1. The zero-order valence-electron chi connectivity index (χ0n) is 16.1. The molecule has 1 aliphatic rings. The molecule has 1 fully saturated rings. The van der Waals surface area contributed by atoms with Crippen molar-refractivity contribution in [3.63, 3.8) is 0 Å². The lowest BCUT2D eigenvalue weighted by atomic mass is 10.3. The van der Waals surface area contributed by atoms with Gasteiger partial charge in [-0.1, -0.05) is 12.6 Å². The van der Waals surface area contributed by atoms with Crippen LogP contribution in [0.4, 0.5) is 4.79 Å². The molecule has 1 unspecified atom stereocenters.